The molecule has 1 aliphatic rings. The lowest BCUT2D eigenvalue weighted by molar-refractivity contribution is 0.407. The summed E-state index contributed by atoms with van der Waals surface area (Å²) in [5, 5.41) is 0. The molecule has 0 bridgehead atoms. The number of ether oxygens (including phenoxy) is 2. The molecule has 2 heterocycles. The number of rotatable bonds is 6. The molecule has 176 valence electrons. The Kier molecular flexibility index (Phi) is 5.82. The summed E-state index contributed by atoms with van der Waals surface area (Å²) >= 11 is 0. The second kappa shape index (κ2) is 8.93. The number of aryl methyl sites for hydroxylation is 2. The van der Waals surface area contributed by atoms with Crippen molar-refractivity contribution in [2.45, 2.75) is 32.9 Å². The predicted octanol–water partition coefficient (Wildman–Crippen LogP) is 4.94. The van der Waals surface area contributed by atoms with Gasteiger partial charge >= 0.3 is 5.69 Å². The molecule has 0 saturated carbocycles. The van der Waals surface area contributed by atoms with Gasteiger partial charge in [0.2, 0.25) is 0 Å². The second-order valence-electron chi connectivity index (χ2n) is 9.01. The largest absolute Gasteiger partial charge is 0.496 e. The Bertz CT molecular complexity index is 1380. The quantitative estimate of drug-likeness (QED) is 0.412. The van der Waals surface area contributed by atoms with E-state index in [2.05, 4.69) is 36.9 Å². The van der Waals surface area contributed by atoms with Gasteiger partial charge < -0.3 is 14.4 Å². The van der Waals surface area contributed by atoms with Crippen LogP contribution in [0.2, 0.25) is 0 Å². The molecular formula is C28H31N3O3. The van der Waals surface area contributed by atoms with Crippen molar-refractivity contribution in [3.05, 3.63) is 87.8 Å². The lowest BCUT2D eigenvalue weighted by Gasteiger charge is -2.23. The molecule has 3 aromatic carbocycles. The van der Waals surface area contributed by atoms with Crippen LogP contribution in [-0.4, -0.2) is 36.4 Å². The molecule has 6 heteroatoms. The van der Waals surface area contributed by atoms with Crippen LogP contribution in [-0.2, 0) is 6.54 Å². The first kappa shape index (κ1) is 22.1. The van der Waals surface area contributed by atoms with Gasteiger partial charge in [0, 0.05) is 24.3 Å². The standard InChI is InChI=1S/C28H31N3O3/c1-19-9-7-10-20(2)26(19)29-16-15-22(18-29)31-23-12-8-14-25(34-4)27(23)30(28(31)32)17-21-11-5-6-13-24(21)33-3/h5-14,22H,15-18H2,1-4H3. The molecule has 34 heavy (non-hydrogen) atoms. The monoisotopic (exact) mass is 457 g/mol. The Balaban J connectivity index is 1.60. The highest BCUT2D eigenvalue weighted by molar-refractivity contribution is 5.83. The van der Waals surface area contributed by atoms with Crippen molar-refractivity contribution in [1.29, 1.82) is 0 Å². The van der Waals surface area contributed by atoms with Crippen molar-refractivity contribution in [3.8, 4) is 11.5 Å². The second-order valence-corrected chi connectivity index (χ2v) is 9.01. The van der Waals surface area contributed by atoms with Gasteiger partial charge in [0.1, 0.15) is 17.0 Å². The molecule has 1 aliphatic heterocycles. The van der Waals surface area contributed by atoms with E-state index >= 15 is 0 Å². The van der Waals surface area contributed by atoms with E-state index < -0.39 is 0 Å². The first-order valence-corrected chi connectivity index (χ1v) is 11.7. The minimum Gasteiger partial charge on any atom is -0.496 e. The van der Waals surface area contributed by atoms with E-state index in [1.54, 1.807) is 14.2 Å². The van der Waals surface area contributed by atoms with E-state index in [4.69, 9.17) is 9.47 Å². The van der Waals surface area contributed by atoms with Crippen LogP contribution in [0.25, 0.3) is 11.0 Å². The van der Waals surface area contributed by atoms with E-state index in [1.807, 2.05) is 51.6 Å². The minimum atomic E-state index is -0.0150. The van der Waals surface area contributed by atoms with Gasteiger partial charge in [0.15, 0.2) is 0 Å². The maximum atomic E-state index is 13.9. The molecule has 0 amide bonds. The van der Waals surface area contributed by atoms with Crippen LogP contribution < -0.4 is 20.1 Å². The molecule has 0 aliphatic carbocycles. The number of nitrogens with zero attached hydrogens (tertiary/aromatic N) is 3. The molecule has 0 N–H and O–H groups in total. The van der Waals surface area contributed by atoms with E-state index in [0.29, 0.717) is 12.3 Å². The summed E-state index contributed by atoms with van der Waals surface area (Å²) in [5.41, 5.74) is 6.51. The first-order valence-electron chi connectivity index (χ1n) is 11.7. The van der Waals surface area contributed by atoms with Crippen molar-refractivity contribution >= 4 is 16.7 Å². The Morgan fingerprint density at radius 3 is 2.29 bits per heavy atom. The van der Waals surface area contributed by atoms with Crippen molar-refractivity contribution in [1.82, 2.24) is 9.13 Å². The van der Waals surface area contributed by atoms with E-state index in [1.165, 1.54) is 16.8 Å². The molecule has 1 unspecified atom stereocenters. The first-order chi connectivity index (χ1) is 16.5. The third-order valence-corrected chi connectivity index (χ3v) is 6.97. The van der Waals surface area contributed by atoms with Crippen molar-refractivity contribution in [3.63, 3.8) is 0 Å². The van der Waals surface area contributed by atoms with Gasteiger partial charge in [-0.3, -0.25) is 9.13 Å². The zero-order valence-electron chi connectivity index (χ0n) is 20.2. The van der Waals surface area contributed by atoms with Crippen molar-refractivity contribution < 1.29 is 9.47 Å². The molecule has 0 radical (unpaired) electrons. The number of benzene rings is 3. The molecule has 0 spiro atoms. The summed E-state index contributed by atoms with van der Waals surface area (Å²) in [6, 6.07) is 20.2. The molecule has 4 aromatic rings. The molecule has 1 aromatic heterocycles. The smallest absolute Gasteiger partial charge is 0.329 e. The minimum absolute atomic E-state index is 0.0150. The summed E-state index contributed by atoms with van der Waals surface area (Å²) in [6.07, 6.45) is 0.915. The number of para-hydroxylation sites is 3. The van der Waals surface area contributed by atoms with Gasteiger partial charge in [0.05, 0.1) is 32.3 Å². The summed E-state index contributed by atoms with van der Waals surface area (Å²) in [5.74, 6) is 1.47. The van der Waals surface area contributed by atoms with Crippen LogP contribution in [0.5, 0.6) is 11.5 Å². The Morgan fingerprint density at radius 1 is 0.882 bits per heavy atom. The zero-order valence-corrected chi connectivity index (χ0v) is 20.2. The summed E-state index contributed by atoms with van der Waals surface area (Å²) < 4.78 is 15.1. The Morgan fingerprint density at radius 2 is 1.56 bits per heavy atom. The maximum absolute atomic E-state index is 13.9. The van der Waals surface area contributed by atoms with Crippen LogP contribution in [0.4, 0.5) is 5.69 Å². The maximum Gasteiger partial charge on any atom is 0.329 e. The van der Waals surface area contributed by atoms with Crippen molar-refractivity contribution in [2.75, 3.05) is 32.2 Å². The molecule has 1 fully saturated rings. The number of imidazole rings is 1. The fourth-order valence-electron chi connectivity index (χ4n) is 5.43. The highest BCUT2D eigenvalue weighted by Crippen LogP contribution is 2.34. The van der Waals surface area contributed by atoms with Gasteiger partial charge in [-0.2, -0.15) is 0 Å². The number of anilines is 1. The van der Waals surface area contributed by atoms with Gasteiger partial charge in [-0.15, -0.1) is 0 Å². The highest BCUT2D eigenvalue weighted by atomic mass is 16.5. The van der Waals surface area contributed by atoms with E-state index in [0.717, 1.165) is 41.9 Å². The number of methoxy groups -OCH3 is 2. The average molecular weight is 458 g/mol. The SMILES string of the molecule is COc1ccccc1Cn1c(=O)n(C2CCN(c3c(C)cccc3C)C2)c2cccc(OC)c21. The number of hydrogen-bond donors (Lipinski definition) is 0. The number of hydrogen-bond acceptors (Lipinski definition) is 4. The Labute approximate surface area is 200 Å². The lowest BCUT2D eigenvalue weighted by Crippen LogP contribution is -2.30. The fraction of sp³-hybridized carbons (Fsp3) is 0.321. The molecule has 1 atom stereocenters. The van der Waals surface area contributed by atoms with Crippen LogP contribution in [0.1, 0.15) is 29.2 Å². The number of aromatic nitrogens is 2. The molecule has 6 nitrogen and oxygen atoms in total. The zero-order chi connectivity index (χ0) is 23.8. The van der Waals surface area contributed by atoms with E-state index in [-0.39, 0.29) is 11.7 Å². The van der Waals surface area contributed by atoms with Gasteiger partial charge in [0.25, 0.3) is 0 Å². The Hall–Kier alpha value is -3.67. The molecule has 5 rings (SSSR count). The third-order valence-electron chi connectivity index (χ3n) is 6.97. The van der Waals surface area contributed by atoms with Gasteiger partial charge in [-0.1, -0.05) is 42.5 Å². The summed E-state index contributed by atoms with van der Waals surface area (Å²) in [7, 11) is 3.31. The lowest BCUT2D eigenvalue weighted by atomic mass is 10.1. The van der Waals surface area contributed by atoms with Crippen molar-refractivity contribution in [2.24, 2.45) is 0 Å². The van der Waals surface area contributed by atoms with Crippen LogP contribution >= 0.6 is 0 Å². The van der Waals surface area contributed by atoms with E-state index in [9.17, 15) is 4.79 Å². The number of fused-ring (bicyclic) bond motifs is 1. The molecular weight excluding hydrogens is 426 g/mol. The van der Waals surface area contributed by atoms with Gasteiger partial charge in [-0.25, -0.2) is 4.79 Å². The summed E-state index contributed by atoms with van der Waals surface area (Å²) in [6.45, 7) is 6.46. The van der Waals surface area contributed by atoms with Gasteiger partial charge in [-0.05, 0) is 49.6 Å². The normalized spacial score (nSPS) is 15.8. The topological polar surface area (TPSA) is 48.6 Å². The third kappa shape index (κ3) is 3.63. The average Bonchev–Trinajstić information content (AvgIpc) is 3.42. The predicted molar refractivity (Wildman–Crippen MR) is 137 cm³/mol. The molecule has 1 saturated heterocycles. The fourth-order valence-corrected chi connectivity index (χ4v) is 5.43. The van der Waals surface area contributed by atoms with Crippen LogP contribution in [0.3, 0.4) is 0 Å². The van der Waals surface area contributed by atoms with Crippen LogP contribution in [0, 0.1) is 13.8 Å². The highest BCUT2D eigenvalue weighted by Gasteiger charge is 2.30. The summed E-state index contributed by atoms with van der Waals surface area (Å²) in [4.78, 5) is 16.4. The van der Waals surface area contributed by atoms with Crippen LogP contribution in [0.15, 0.2) is 65.5 Å².